The van der Waals surface area contributed by atoms with Crippen molar-refractivity contribution in [1.82, 2.24) is 4.90 Å². The average molecular weight is 339 g/mol. The molecule has 1 N–H and O–H groups in total. The zero-order chi connectivity index (χ0) is 17.7. The smallest absolute Gasteiger partial charge is 0.385 e. The van der Waals surface area contributed by atoms with E-state index >= 15 is 0 Å². The number of amides is 1. The number of benzene rings is 1. The molecular formula is C17H20F3N3O. The molecule has 0 spiro atoms. The molecule has 130 valence electrons. The van der Waals surface area contributed by atoms with Gasteiger partial charge in [-0.1, -0.05) is 0 Å². The highest BCUT2D eigenvalue weighted by molar-refractivity contribution is 5.73. The lowest BCUT2D eigenvalue weighted by molar-refractivity contribution is -0.137. The van der Waals surface area contributed by atoms with Crippen LogP contribution in [0.15, 0.2) is 18.2 Å². The van der Waals surface area contributed by atoms with E-state index in [1.807, 2.05) is 4.90 Å². The number of alkyl halides is 3. The Bertz CT molecular complexity index is 629. The molecule has 0 aliphatic carbocycles. The van der Waals surface area contributed by atoms with Crippen LogP contribution in [0.4, 0.5) is 18.9 Å². The van der Waals surface area contributed by atoms with Crippen molar-refractivity contribution in [2.24, 2.45) is 5.92 Å². The lowest BCUT2D eigenvalue weighted by atomic mass is 9.93. The van der Waals surface area contributed by atoms with Crippen LogP contribution in [0.5, 0.6) is 0 Å². The van der Waals surface area contributed by atoms with Gasteiger partial charge in [-0.2, -0.15) is 18.4 Å². The molecular weight excluding hydrogens is 319 g/mol. The number of hydrogen-bond donors (Lipinski definition) is 1. The van der Waals surface area contributed by atoms with Gasteiger partial charge in [0.15, 0.2) is 0 Å². The maximum absolute atomic E-state index is 12.8. The molecule has 4 nitrogen and oxygen atoms in total. The molecule has 0 bridgehead atoms. The number of nitrogens with one attached hydrogen (secondary N) is 1. The summed E-state index contributed by atoms with van der Waals surface area (Å²) in [5, 5.41) is 12.0. The molecule has 1 saturated heterocycles. The minimum absolute atomic E-state index is 0.0976. The Kier molecular flexibility index (Phi) is 5.71. The van der Waals surface area contributed by atoms with Gasteiger partial charge in [-0.3, -0.25) is 4.79 Å². The van der Waals surface area contributed by atoms with Gasteiger partial charge >= 0.3 is 6.18 Å². The molecule has 1 fully saturated rings. The summed E-state index contributed by atoms with van der Waals surface area (Å²) in [5.41, 5.74) is -0.768. The number of piperidine rings is 1. The number of nitriles is 1. The molecule has 1 aromatic rings. The van der Waals surface area contributed by atoms with Crippen LogP contribution in [0.3, 0.4) is 0 Å². The molecule has 1 amide bonds. The van der Waals surface area contributed by atoms with Gasteiger partial charge in [-0.05, 0) is 43.4 Å². The van der Waals surface area contributed by atoms with Crippen molar-refractivity contribution in [3.63, 3.8) is 0 Å². The zero-order valence-electron chi connectivity index (χ0n) is 13.5. The molecule has 2 rings (SSSR count). The predicted octanol–water partition coefficient (Wildman–Crippen LogP) is 3.64. The second-order valence-corrected chi connectivity index (χ2v) is 6.03. The first-order valence-electron chi connectivity index (χ1n) is 7.92. The molecule has 0 unspecified atom stereocenters. The van der Waals surface area contributed by atoms with Crippen LogP contribution in [-0.2, 0) is 11.0 Å². The van der Waals surface area contributed by atoms with Gasteiger partial charge in [0.25, 0.3) is 0 Å². The Labute approximate surface area is 139 Å². The van der Waals surface area contributed by atoms with E-state index in [0.717, 1.165) is 38.4 Å². The van der Waals surface area contributed by atoms with E-state index in [1.165, 1.54) is 12.1 Å². The molecule has 0 atom stereocenters. The quantitative estimate of drug-likeness (QED) is 0.911. The lowest BCUT2D eigenvalue weighted by Gasteiger charge is -2.31. The number of rotatable bonds is 4. The summed E-state index contributed by atoms with van der Waals surface area (Å²) in [7, 11) is 0. The standard InChI is InChI=1S/C17H20F3N3O/c1-12(24)23-8-5-13(6-9-23)4-7-22-15-2-3-16(17(18,19)20)14(10-15)11-21/h2-3,10,13,22H,4-9H2,1H3. The molecule has 0 saturated carbocycles. The maximum Gasteiger partial charge on any atom is 0.417 e. The van der Waals surface area contributed by atoms with E-state index < -0.39 is 11.7 Å². The van der Waals surface area contributed by atoms with Crippen molar-refractivity contribution in [3.8, 4) is 6.07 Å². The summed E-state index contributed by atoms with van der Waals surface area (Å²) in [5.74, 6) is 0.596. The van der Waals surface area contributed by atoms with Crippen LogP contribution in [0.1, 0.15) is 37.3 Å². The Hall–Kier alpha value is -2.23. The highest BCUT2D eigenvalue weighted by atomic mass is 19.4. The molecule has 1 heterocycles. The number of carbonyl (C=O) groups is 1. The lowest BCUT2D eigenvalue weighted by Crippen LogP contribution is -2.37. The van der Waals surface area contributed by atoms with Crippen LogP contribution in [0.2, 0.25) is 0 Å². The Balaban J connectivity index is 1.85. The first-order chi connectivity index (χ1) is 11.3. The third kappa shape index (κ3) is 4.63. The van der Waals surface area contributed by atoms with Crippen molar-refractivity contribution in [2.45, 2.75) is 32.4 Å². The largest absolute Gasteiger partial charge is 0.417 e. The molecule has 1 aliphatic rings. The first kappa shape index (κ1) is 18.1. The highest BCUT2D eigenvalue weighted by Gasteiger charge is 2.33. The number of likely N-dealkylation sites (tertiary alicyclic amines) is 1. The fourth-order valence-corrected chi connectivity index (χ4v) is 2.95. The summed E-state index contributed by atoms with van der Waals surface area (Å²) >= 11 is 0. The van der Waals surface area contributed by atoms with Crippen molar-refractivity contribution in [1.29, 1.82) is 5.26 Å². The van der Waals surface area contributed by atoms with Gasteiger partial charge in [0.2, 0.25) is 5.91 Å². The molecule has 0 aromatic heterocycles. The Morgan fingerprint density at radius 2 is 2.04 bits per heavy atom. The van der Waals surface area contributed by atoms with Gasteiger partial charge < -0.3 is 10.2 Å². The minimum Gasteiger partial charge on any atom is -0.385 e. The number of carbonyl (C=O) groups excluding carboxylic acids is 1. The third-order valence-corrected chi connectivity index (χ3v) is 4.39. The van der Waals surface area contributed by atoms with Crippen LogP contribution >= 0.6 is 0 Å². The van der Waals surface area contributed by atoms with E-state index in [9.17, 15) is 18.0 Å². The fraction of sp³-hybridized carbons (Fsp3) is 0.529. The number of anilines is 1. The van der Waals surface area contributed by atoms with Crippen molar-refractivity contribution in [3.05, 3.63) is 29.3 Å². The normalized spacial score (nSPS) is 15.9. The van der Waals surface area contributed by atoms with Gasteiger partial charge in [0.05, 0.1) is 17.2 Å². The summed E-state index contributed by atoms with van der Waals surface area (Å²) in [6, 6.07) is 5.12. The molecule has 1 aromatic carbocycles. The number of halogens is 3. The number of nitrogens with zero attached hydrogens (tertiary/aromatic N) is 2. The molecule has 7 heteroatoms. The van der Waals surface area contributed by atoms with Crippen LogP contribution in [-0.4, -0.2) is 30.4 Å². The first-order valence-corrected chi connectivity index (χ1v) is 7.92. The Morgan fingerprint density at radius 1 is 1.38 bits per heavy atom. The van der Waals surface area contributed by atoms with E-state index in [0.29, 0.717) is 18.2 Å². The highest BCUT2D eigenvalue weighted by Crippen LogP contribution is 2.33. The van der Waals surface area contributed by atoms with E-state index in [-0.39, 0.29) is 11.5 Å². The van der Waals surface area contributed by atoms with E-state index in [4.69, 9.17) is 5.26 Å². The van der Waals surface area contributed by atoms with Gasteiger partial charge in [-0.15, -0.1) is 0 Å². The second-order valence-electron chi connectivity index (χ2n) is 6.03. The zero-order valence-corrected chi connectivity index (χ0v) is 13.5. The maximum atomic E-state index is 12.8. The van der Waals surface area contributed by atoms with Gasteiger partial charge in [-0.25, -0.2) is 0 Å². The van der Waals surface area contributed by atoms with Crippen LogP contribution < -0.4 is 5.32 Å². The van der Waals surface area contributed by atoms with Crippen molar-refractivity contribution in [2.75, 3.05) is 25.0 Å². The van der Waals surface area contributed by atoms with Crippen molar-refractivity contribution < 1.29 is 18.0 Å². The minimum atomic E-state index is -4.52. The SMILES string of the molecule is CC(=O)N1CCC(CCNc2ccc(C(F)(F)F)c(C#N)c2)CC1. The van der Waals surface area contributed by atoms with Crippen LogP contribution in [0, 0.1) is 17.2 Å². The Morgan fingerprint density at radius 3 is 2.58 bits per heavy atom. The summed E-state index contributed by atoms with van der Waals surface area (Å²) in [6.07, 6.45) is -1.75. The average Bonchev–Trinajstić information content (AvgIpc) is 2.54. The fourth-order valence-electron chi connectivity index (χ4n) is 2.95. The van der Waals surface area contributed by atoms with Crippen LogP contribution in [0.25, 0.3) is 0 Å². The molecule has 24 heavy (non-hydrogen) atoms. The summed E-state index contributed by atoms with van der Waals surface area (Å²) in [6.45, 7) is 3.72. The van der Waals surface area contributed by atoms with E-state index in [2.05, 4.69) is 5.32 Å². The topological polar surface area (TPSA) is 56.1 Å². The third-order valence-electron chi connectivity index (χ3n) is 4.39. The molecule has 1 aliphatic heterocycles. The number of hydrogen-bond acceptors (Lipinski definition) is 3. The second kappa shape index (κ2) is 7.56. The predicted molar refractivity (Wildman–Crippen MR) is 84.2 cm³/mol. The summed E-state index contributed by atoms with van der Waals surface area (Å²) < 4.78 is 38.3. The summed E-state index contributed by atoms with van der Waals surface area (Å²) in [4.78, 5) is 13.1. The monoisotopic (exact) mass is 339 g/mol. The van der Waals surface area contributed by atoms with Crippen molar-refractivity contribution >= 4 is 11.6 Å². The van der Waals surface area contributed by atoms with E-state index in [1.54, 1.807) is 13.0 Å². The van der Waals surface area contributed by atoms with Gasteiger partial charge in [0.1, 0.15) is 0 Å². The van der Waals surface area contributed by atoms with Gasteiger partial charge in [0, 0.05) is 32.2 Å². The molecule has 0 radical (unpaired) electrons.